The number of rotatable bonds is 4. The average Bonchev–Trinajstić information content (AvgIpc) is 3.15. The zero-order valence-electron chi connectivity index (χ0n) is 18.5. The Labute approximate surface area is 199 Å². The molecule has 2 aromatic carbocycles. The van der Waals surface area contributed by atoms with Gasteiger partial charge >= 0.3 is 23.9 Å². The van der Waals surface area contributed by atoms with E-state index >= 15 is 0 Å². The Morgan fingerprint density at radius 3 is 2.19 bits per heavy atom. The van der Waals surface area contributed by atoms with Crippen molar-refractivity contribution in [1.82, 2.24) is 14.5 Å². The van der Waals surface area contributed by atoms with Crippen LogP contribution in [0.3, 0.4) is 0 Å². The second-order valence-corrected chi connectivity index (χ2v) is 8.44. The molecular weight excluding hydrogens is 494 g/mol. The Kier molecular flexibility index (Phi) is 6.58. The van der Waals surface area contributed by atoms with Gasteiger partial charge in [0.15, 0.2) is 0 Å². The predicted octanol–water partition coefficient (Wildman–Crippen LogP) is 4.26. The third kappa shape index (κ3) is 5.24. The van der Waals surface area contributed by atoms with Crippen molar-refractivity contribution in [3.8, 4) is 0 Å². The summed E-state index contributed by atoms with van der Waals surface area (Å²) in [7, 11) is 0. The highest BCUT2D eigenvalue weighted by molar-refractivity contribution is 6.01. The van der Waals surface area contributed by atoms with Crippen LogP contribution in [0.4, 0.5) is 32.0 Å². The number of amides is 2. The van der Waals surface area contributed by atoms with Crippen LogP contribution in [0, 0.1) is 0 Å². The van der Waals surface area contributed by atoms with Crippen molar-refractivity contribution in [1.29, 1.82) is 0 Å². The number of carbonyl (C=O) groups excluding carboxylic acids is 2. The van der Waals surface area contributed by atoms with Crippen LogP contribution in [-0.2, 0) is 22.2 Å². The van der Waals surface area contributed by atoms with E-state index in [1.165, 1.54) is 39.8 Å². The first-order valence-electron chi connectivity index (χ1n) is 10.9. The first-order valence-corrected chi connectivity index (χ1v) is 10.9. The molecule has 0 radical (unpaired) electrons. The molecule has 0 unspecified atom stereocenters. The lowest BCUT2D eigenvalue weighted by Crippen LogP contribution is -2.41. The molecule has 0 spiro atoms. The molecule has 2 N–H and O–H groups in total. The maximum Gasteiger partial charge on any atom is 0.471 e. The molecule has 1 aliphatic heterocycles. The average molecular weight is 514 g/mol. The number of imidazole rings is 1. The molecule has 2 amide bonds. The Balaban J connectivity index is 1.47. The highest BCUT2D eigenvalue weighted by Gasteiger charge is 2.39. The minimum atomic E-state index is -5.11. The molecule has 1 fully saturated rings. The van der Waals surface area contributed by atoms with E-state index in [4.69, 9.17) is 0 Å². The number of benzene rings is 2. The van der Waals surface area contributed by atoms with E-state index in [1.807, 2.05) is 0 Å². The van der Waals surface area contributed by atoms with Gasteiger partial charge in [-0.2, -0.15) is 26.3 Å². The van der Waals surface area contributed by atoms with E-state index in [-0.39, 0.29) is 42.1 Å². The summed E-state index contributed by atoms with van der Waals surface area (Å²) in [5, 5.41) is 1.81. The van der Waals surface area contributed by atoms with Crippen LogP contribution in [0.2, 0.25) is 0 Å². The molecular formula is C23H20F6N4O3. The number of nitrogens with one attached hydrogen (secondary N) is 2. The maximum atomic E-state index is 12.8. The van der Waals surface area contributed by atoms with Crippen molar-refractivity contribution in [2.24, 2.45) is 0 Å². The molecule has 3 aromatic rings. The number of nitrogens with zero attached hydrogens (tertiary/aromatic N) is 2. The van der Waals surface area contributed by atoms with Crippen LogP contribution in [-0.4, -0.2) is 45.5 Å². The number of aromatic amines is 1. The maximum absolute atomic E-state index is 12.8. The number of alkyl halides is 6. The molecule has 0 bridgehead atoms. The van der Waals surface area contributed by atoms with Gasteiger partial charge in [0.25, 0.3) is 0 Å². The number of para-hydroxylation sites is 1. The number of piperidine rings is 1. The van der Waals surface area contributed by atoms with Crippen LogP contribution in [0.25, 0.3) is 11.0 Å². The van der Waals surface area contributed by atoms with Gasteiger partial charge in [-0.1, -0.05) is 18.2 Å². The molecule has 36 heavy (non-hydrogen) atoms. The largest absolute Gasteiger partial charge is 0.471 e. The minimum Gasteiger partial charge on any atom is -0.342 e. The number of carbonyl (C=O) groups is 2. The molecule has 1 aliphatic rings. The highest BCUT2D eigenvalue weighted by Crippen LogP contribution is 2.31. The molecule has 2 heterocycles. The number of hydrogen-bond acceptors (Lipinski definition) is 3. The summed E-state index contributed by atoms with van der Waals surface area (Å²) in [6.07, 6.45) is -9.05. The Hall–Kier alpha value is -3.77. The van der Waals surface area contributed by atoms with E-state index in [1.54, 1.807) is 5.32 Å². The smallest absolute Gasteiger partial charge is 0.342 e. The standard InChI is InChI=1S/C23H20F6N4O3/c24-22(25,26)14-6-4-13(5-7-14)12-18(34)32-10-8-15(9-11-32)33-19-16(30-20(35)23(27,28)29)2-1-3-17(19)31-21(33)36/h1-7,15H,8-12H2,(H,30,35)(H,31,36). The van der Waals surface area contributed by atoms with Crippen LogP contribution in [0.5, 0.6) is 0 Å². The van der Waals surface area contributed by atoms with Crippen LogP contribution in [0.1, 0.15) is 30.0 Å². The summed E-state index contributed by atoms with van der Waals surface area (Å²) in [6.45, 7) is 0.473. The fraction of sp³-hybridized carbons (Fsp3) is 0.348. The quantitative estimate of drug-likeness (QED) is 0.511. The fourth-order valence-corrected chi connectivity index (χ4v) is 4.29. The van der Waals surface area contributed by atoms with Gasteiger partial charge in [0.05, 0.1) is 28.7 Å². The van der Waals surface area contributed by atoms with Gasteiger partial charge in [-0.25, -0.2) is 4.79 Å². The summed E-state index contributed by atoms with van der Waals surface area (Å²) in [5.41, 5.74) is -0.750. The van der Waals surface area contributed by atoms with Crippen molar-refractivity contribution in [3.63, 3.8) is 0 Å². The van der Waals surface area contributed by atoms with E-state index in [0.717, 1.165) is 12.1 Å². The zero-order valence-corrected chi connectivity index (χ0v) is 18.5. The van der Waals surface area contributed by atoms with Gasteiger partial charge in [-0.3, -0.25) is 14.2 Å². The van der Waals surface area contributed by atoms with Crippen molar-refractivity contribution < 1.29 is 35.9 Å². The van der Waals surface area contributed by atoms with Crippen molar-refractivity contribution in [2.75, 3.05) is 18.4 Å². The van der Waals surface area contributed by atoms with E-state index in [9.17, 15) is 40.7 Å². The molecule has 1 aromatic heterocycles. The van der Waals surface area contributed by atoms with Crippen molar-refractivity contribution in [2.45, 2.75) is 37.7 Å². The number of fused-ring (bicyclic) bond motifs is 1. The lowest BCUT2D eigenvalue weighted by atomic mass is 10.0. The zero-order chi connectivity index (χ0) is 26.3. The number of halogens is 6. The van der Waals surface area contributed by atoms with Gasteiger partial charge in [-0.15, -0.1) is 0 Å². The van der Waals surface area contributed by atoms with Crippen molar-refractivity contribution >= 4 is 28.5 Å². The molecule has 0 atom stereocenters. The van der Waals surface area contributed by atoms with Gasteiger partial charge in [-0.05, 0) is 42.7 Å². The van der Waals surface area contributed by atoms with E-state index < -0.39 is 35.6 Å². The molecule has 13 heteroatoms. The molecule has 0 saturated carbocycles. The summed E-state index contributed by atoms with van der Waals surface area (Å²) in [4.78, 5) is 40.9. The normalized spacial score (nSPS) is 15.3. The first kappa shape index (κ1) is 25.3. The van der Waals surface area contributed by atoms with Gasteiger partial charge < -0.3 is 15.2 Å². The topological polar surface area (TPSA) is 87.2 Å². The molecule has 192 valence electrons. The van der Waals surface area contributed by atoms with Gasteiger partial charge in [0, 0.05) is 19.1 Å². The summed E-state index contributed by atoms with van der Waals surface area (Å²) >= 11 is 0. The van der Waals surface area contributed by atoms with E-state index in [0.29, 0.717) is 18.4 Å². The molecule has 1 saturated heterocycles. The number of H-pyrrole nitrogens is 1. The molecule has 7 nitrogen and oxygen atoms in total. The molecule has 4 rings (SSSR count). The third-order valence-corrected chi connectivity index (χ3v) is 6.06. The van der Waals surface area contributed by atoms with Crippen molar-refractivity contribution in [3.05, 3.63) is 64.1 Å². The lowest BCUT2D eigenvalue weighted by Gasteiger charge is -2.33. The third-order valence-electron chi connectivity index (χ3n) is 6.06. The lowest BCUT2D eigenvalue weighted by molar-refractivity contribution is -0.167. The monoisotopic (exact) mass is 514 g/mol. The Morgan fingerprint density at radius 1 is 0.972 bits per heavy atom. The van der Waals surface area contributed by atoms with Crippen LogP contribution in [0.15, 0.2) is 47.3 Å². The summed E-state index contributed by atoms with van der Waals surface area (Å²) < 4.78 is 77.7. The first-order chi connectivity index (χ1) is 16.8. The van der Waals surface area contributed by atoms with Crippen LogP contribution < -0.4 is 11.0 Å². The number of likely N-dealkylation sites (tertiary alicyclic amines) is 1. The SMILES string of the molecule is O=C(Cc1ccc(C(F)(F)F)cc1)N1CCC(n2c(=O)[nH]c3cccc(NC(=O)C(F)(F)F)c32)CC1. The summed E-state index contributed by atoms with van der Waals surface area (Å²) in [5.74, 6) is -2.46. The number of hydrogen-bond donors (Lipinski definition) is 2. The van der Waals surface area contributed by atoms with E-state index in [2.05, 4.69) is 4.98 Å². The predicted molar refractivity (Wildman–Crippen MR) is 117 cm³/mol. The summed E-state index contributed by atoms with van der Waals surface area (Å²) in [6, 6.07) is 8.02. The second kappa shape index (κ2) is 9.36. The fourth-order valence-electron chi connectivity index (χ4n) is 4.29. The Bertz CT molecular complexity index is 1330. The van der Waals surface area contributed by atoms with Gasteiger partial charge in [0.1, 0.15) is 0 Å². The highest BCUT2D eigenvalue weighted by atomic mass is 19.4. The van der Waals surface area contributed by atoms with Crippen LogP contribution >= 0.6 is 0 Å². The van der Waals surface area contributed by atoms with Gasteiger partial charge in [0.2, 0.25) is 5.91 Å². The minimum absolute atomic E-state index is 0.0938. The molecule has 0 aliphatic carbocycles. The number of anilines is 1. The Morgan fingerprint density at radius 2 is 1.61 bits per heavy atom. The number of aromatic nitrogens is 2. The second-order valence-electron chi connectivity index (χ2n) is 8.44.